The van der Waals surface area contributed by atoms with E-state index in [0.717, 1.165) is 4.68 Å². The fraction of sp³-hybridized carbons (Fsp3) is 0.444. The fourth-order valence-corrected chi connectivity index (χ4v) is 1.12. The molecule has 0 saturated heterocycles. The van der Waals surface area contributed by atoms with E-state index < -0.39 is 16.8 Å². The Morgan fingerprint density at radius 1 is 1.61 bits per heavy atom. The van der Waals surface area contributed by atoms with Gasteiger partial charge in [0.25, 0.3) is 0 Å². The number of rotatable bonds is 6. The van der Waals surface area contributed by atoms with Crippen LogP contribution in [0.5, 0.6) is 0 Å². The van der Waals surface area contributed by atoms with Gasteiger partial charge in [-0.2, -0.15) is 4.68 Å². The van der Waals surface area contributed by atoms with Gasteiger partial charge in [-0.3, -0.25) is 9.59 Å². The van der Waals surface area contributed by atoms with Gasteiger partial charge in [-0.1, -0.05) is 0 Å². The number of amides is 1. The predicted octanol–water partition coefficient (Wildman–Crippen LogP) is -0.529. The Morgan fingerprint density at radius 3 is 2.89 bits per heavy atom. The number of ether oxygens (including phenoxy) is 1. The van der Waals surface area contributed by atoms with Crippen molar-refractivity contribution in [3.05, 3.63) is 22.4 Å². The molecule has 9 nitrogen and oxygen atoms in total. The Morgan fingerprint density at radius 2 is 2.33 bits per heavy atom. The maximum atomic E-state index is 11.4. The Kier molecular flexibility index (Phi) is 4.78. The molecule has 1 rings (SSSR count). The molecule has 0 aliphatic heterocycles. The standard InChI is InChI=1S/C9H12N4O5/c1-2-18-9(15)5-10-8(14)6-12-4-3-7(11-12)13(16)17/h3-4H,2,5-6H2,1H3,(H,10,14). The van der Waals surface area contributed by atoms with E-state index in [2.05, 4.69) is 15.2 Å². The molecule has 0 bridgehead atoms. The molecule has 1 aromatic heterocycles. The van der Waals surface area contributed by atoms with Gasteiger partial charge in [-0.25, -0.2) is 0 Å². The Hall–Kier alpha value is -2.45. The molecule has 1 heterocycles. The first kappa shape index (κ1) is 13.6. The van der Waals surface area contributed by atoms with Gasteiger partial charge in [0.1, 0.15) is 13.1 Å². The number of hydrogen-bond acceptors (Lipinski definition) is 6. The number of aromatic nitrogens is 2. The first-order valence-electron chi connectivity index (χ1n) is 5.13. The fourth-order valence-electron chi connectivity index (χ4n) is 1.12. The van der Waals surface area contributed by atoms with Crippen LogP contribution in [0.4, 0.5) is 5.82 Å². The molecule has 0 aliphatic rings. The minimum Gasteiger partial charge on any atom is -0.465 e. The van der Waals surface area contributed by atoms with Gasteiger partial charge in [-0.15, -0.1) is 0 Å². The van der Waals surface area contributed by atoms with Crippen molar-refractivity contribution in [3.8, 4) is 0 Å². The Labute approximate surface area is 102 Å². The van der Waals surface area contributed by atoms with E-state index >= 15 is 0 Å². The highest BCUT2D eigenvalue weighted by Gasteiger charge is 2.13. The highest BCUT2D eigenvalue weighted by atomic mass is 16.6. The second-order valence-electron chi connectivity index (χ2n) is 3.21. The van der Waals surface area contributed by atoms with Crippen molar-refractivity contribution >= 4 is 17.7 Å². The lowest BCUT2D eigenvalue weighted by Gasteiger charge is -2.03. The molecule has 0 aromatic carbocycles. The molecule has 0 saturated carbocycles. The molecule has 0 aliphatic carbocycles. The van der Waals surface area contributed by atoms with Gasteiger partial charge >= 0.3 is 11.8 Å². The minimum absolute atomic E-state index is 0.201. The third kappa shape index (κ3) is 4.20. The molecule has 0 spiro atoms. The molecule has 98 valence electrons. The highest BCUT2D eigenvalue weighted by Crippen LogP contribution is 2.04. The largest absolute Gasteiger partial charge is 0.465 e. The number of esters is 1. The van der Waals surface area contributed by atoms with E-state index in [1.807, 2.05) is 0 Å². The van der Waals surface area contributed by atoms with Gasteiger partial charge in [0, 0.05) is 0 Å². The summed E-state index contributed by atoms with van der Waals surface area (Å²) in [7, 11) is 0. The third-order valence-corrected chi connectivity index (χ3v) is 1.85. The van der Waals surface area contributed by atoms with Crippen molar-refractivity contribution in [2.75, 3.05) is 13.2 Å². The van der Waals surface area contributed by atoms with Gasteiger partial charge in [0.15, 0.2) is 0 Å². The van der Waals surface area contributed by atoms with Crippen LogP contribution in [0.15, 0.2) is 12.3 Å². The van der Waals surface area contributed by atoms with Crippen molar-refractivity contribution in [2.24, 2.45) is 0 Å². The molecule has 0 radical (unpaired) electrons. The van der Waals surface area contributed by atoms with Crippen molar-refractivity contribution in [1.82, 2.24) is 15.1 Å². The summed E-state index contributed by atoms with van der Waals surface area (Å²) in [5.74, 6) is -1.37. The summed E-state index contributed by atoms with van der Waals surface area (Å²) < 4.78 is 5.72. The van der Waals surface area contributed by atoms with E-state index in [1.165, 1.54) is 12.3 Å². The molecule has 18 heavy (non-hydrogen) atoms. The first-order chi connectivity index (χ1) is 8.52. The maximum Gasteiger partial charge on any atom is 0.389 e. The van der Waals surface area contributed by atoms with Crippen LogP contribution in [0.25, 0.3) is 0 Å². The second kappa shape index (κ2) is 6.33. The van der Waals surface area contributed by atoms with Gasteiger partial charge in [0.05, 0.1) is 24.0 Å². The highest BCUT2D eigenvalue weighted by molar-refractivity contribution is 5.81. The average molecular weight is 256 g/mol. The summed E-state index contributed by atoms with van der Waals surface area (Å²) in [6.45, 7) is 1.45. The Balaban J connectivity index is 2.39. The molecular weight excluding hydrogens is 244 g/mol. The van der Waals surface area contributed by atoms with E-state index in [-0.39, 0.29) is 25.5 Å². The zero-order valence-electron chi connectivity index (χ0n) is 9.66. The second-order valence-corrected chi connectivity index (χ2v) is 3.21. The van der Waals surface area contributed by atoms with Crippen LogP contribution < -0.4 is 5.32 Å². The first-order valence-corrected chi connectivity index (χ1v) is 5.13. The normalized spacial score (nSPS) is 9.83. The lowest BCUT2D eigenvalue weighted by atomic mass is 10.5. The van der Waals surface area contributed by atoms with E-state index in [4.69, 9.17) is 0 Å². The smallest absolute Gasteiger partial charge is 0.389 e. The number of nitro groups is 1. The molecule has 1 aromatic rings. The maximum absolute atomic E-state index is 11.4. The number of carbonyl (C=O) groups is 2. The van der Waals surface area contributed by atoms with Crippen LogP contribution in [-0.2, 0) is 20.9 Å². The SMILES string of the molecule is CCOC(=O)CNC(=O)Cn1ccc([N+](=O)[O-])n1. The number of carbonyl (C=O) groups excluding carboxylic acids is 2. The van der Waals surface area contributed by atoms with Crippen molar-refractivity contribution in [2.45, 2.75) is 13.5 Å². The summed E-state index contributed by atoms with van der Waals surface area (Å²) in [5, 5.41) is 16.2. The monoisotopic (exact) mass is 256 g/mol. The summed E-state index contributed by atoms with van der Waals surface area (Å²) >= 11 is 0. The minimum atomic E-state index is -0.660. The van der Waals surface area contributed by atoms with E-state index in [9.17, 15) is 19.7 Å². The van der Waals surface area contributed by atoms with Crippen molar-refractivity contribution < 1.29 is 19.2 Å². The van der Waals surface area contributed by atoms with Crippen LogP contribution in [-0.4, -0.2) is 39.7 Å². The summed E-state index contributed by atoms with van der Waals surface area (Å²) in [5.41, 5.74) is 0. The van der Waals surface area contributed by atoms with Gasteiger partial charge < -0.3 is 20.2 Å². The number of nitrogens with one attached hydrogen (secondary N) is 1. The van der Waals surface area contributed by atoms with E-state index in [1.54, 1.807) is 6.92 Å². The lowest BCUT2D eigenvalue weighted by Crippen LogP contribution is -2.33. The van der Waals surface area contributed by atoms with Crippen molar-refractivity contribution in [3.63, 3.8) is 0 Å². The van der Waals surface area contributed by atoms with Crippen LogP contribution in [0, 0.1) is 10.1 Å². The number of hydrogen-bond donors (Lipinski definition) is 1. The van der Waals surface area contributed by atoms with Gasteiger partial charge in [-0.05, 0) is 11.8 Å². The summed E-state index contributed by atoms with van der Waals surface area (Å²) in [4.78, 5) is 32.0. The quantitative estimate of drug-likeness (QED) is 0.415. The van der Waals surface area contributed by atoms with E-state index in [0.29, 0.717) is 0 Å². The summed E-state index contributed by atoms with van der Waals surface area (Å²) in [6.07, 6.45) is 1.31. The van der Waals surface area contributed by atoms with Gasteiger partial charge in [0.2, 0.25) is 5.91 Å². The molecule has 0 atom stereocenters. The zero-order chi connectivity index (χ0) is 13.5. The lowest BCUT2D eigenvalue weighted by molar-refractivity contribution is -0.389. The van der Waals surface area contributed by atoms with Crippen LogP contribution in [0.1, 0.15) is 6.92 Å². The van der Waals surface area contributed by atoms with Crippen LogP contribution in [0.2, 0.25) is 0 Å². The molecule has 9 heteroatoms. The van der Waals surface area contributed by atoms with Crippen molar-refractivity contribution in [1.29, 1.82) is 0 Å². The van der Waals surface area contributed by atoms with Crippen LogP contribution >= 0.6 is 0 Å². The Bertz CT molecular complexity index is 456. The average Bonchev–Trinajstić information content (AvgIpc) is 2.75. The number of nitrogens with zero attached hydrogens (tertiary/aromatic N) is 3. The topological polar surface area (TPSA) is 116 Å². The summed E-state index contributed by atoms with van der Waals surface area (Å²) in [6, 6.07) is 1.18. The predicted molar refractivity (Wildman–Crippen MR) is 58.5 cm³/mol. The molecule has 1 amide bonds. The molecule has 0 unspecified atom stereocenters. The third-order valence-electron chi connectivity index (χ3n) is 1.85. The molecular formula is C9H12N4O5. The van der Waals surface area contributed by atoms with Crippen LogP contribution in [0.3, 0.4) is 0 Å². The zero-order valence-corrected chi connectivity index (χ0v) is 9.66. The molecule has 0 fully saturated rings. The molecule has 1 N–H and O–H groups in total.